The molecule has 21 heavy (non-hydrogen) atoms. The topological polar surface area (TPSA) is 72.6 Å². The smallest absolute Gasteiger partial charge is 0.349 e. The molecule has 0 aliphatic rings. The first kappa shape index (κ1) is 13.4. The van der Waals surface area contributed by atoms with Gasteiger partial charge in [0, 0.05) is 11.6 Å². The first-order chi connectivity index (χ1) is 10.2. The summed E-state index contributed by atoms with van der Waals surface area (Å²) in [6.45, 7) is 0.160. The van der Waals surface area contributed by atoms with Crippen molar-refractivity contribution in [3.05, 3.63) is 58.4 Å². The SMILES string of the molecule is O=C(O)c1sccc1OCc1cc(-c2ccccc2)on1. The van der Waals surface area contributed by atoms with E-state index in [9.17, 15) is 4.79 Å². The average Bonchev–Trinajstić information content (AvgIpc) is 3.15. The summed E-state index contributed by atoms with van der Waals surface area (Å²) in [6, 6.07) is 13.0. The molecular weight excluding hydrogens is 290 g/mol. The number of rotatable bonds is 5. The third-order valence-electron chi connectivity index (χ3n) is 2.82. The lowest BCUT2D eigenvalue weighted by atomic mass is 10.2. The fourth-order valence-corrected chi connectivity index (χ4v) is 2.51. The van der Waals surface area contributed by atoms with Crippen LogP contribution in [-0.2, 0) is 6.61 Å². The van der Waals surface area contributed by atoms with Crippen LogP contribution in [0.3, 0.4) is 0 Å². The normalized spacial score (nSPS) is 10.5. The zero-order chi connectivity index (χ0) is 14.7. The number of benzene rings is 1. The van der Waals surface area contributed by atoms with Crippen LogP contribution in [-0.4, -0.2) is 16.2 Å². The number of thiophene rings is 1. The highest BCUT2D eigenvalue weighted by Gasteiger charge is 2.14. The molecule has 0 amide bonds. The van der Waals surface area contributed by atoms with E-state index in [-0.39, 0.29) is 11.5 Å². The van der Waals surface area contributed by atoms with E-state index in [0.29, 0.717) is 17.2 Å². The Balaban J connectivity index is 1.71. The summed E-state index contributed by atoms with van der Waals surface area (Å²) in [7, 11) is 0. The Hall–Kier alpha value is -2.60. The van der Waals surface area contributed by atoms with Crippen molar-refractivity contribution in [1.82, 2.24) is 5.16 Å². The summed E-state index contributed by atoms with van der Waals surface area (Å²) in [6.07, 6.45) is 0. The second kappa shape index (κ2) is 5.80. The van der Waals surface area contributed by atoms with Gasteiger partial charge in [0.2, 0.25) is 0 Å². The third-order valence-corrected chi connectivity index (χ3v) is 3.70. The lowest BCUT2D eigenvalue weighted by Gasteiger charge is -2.01. The second-order valence-electron chi connectivity index (χ2n) is 4.26. The zero-order valence-electron chi connectivity index (χ0n) is 10.9. The summed E-state index contributed by atoms with van der Waals surface area (Å²) in [5.41, 5.74) is 1.54. The third kappa shape index (κ3) is 2.95. The van der Waals surface area contributed by atoms with Gasteiger partial charge >= 0.3 is 5.97 Å². The molecule has 2 aromatic heterocycles. The molecule has 0 unspecified atom stereocenters. The Morgan fingerprint density at radius 3 is 2.86 bits per heavy atom. The molecule has 1 N–H and O–H groups in total. The number of carboxylic acids is 1. The molecule has 0 spiro atoms. The van der Waals surface area contributed by atoms with Gasteiger partial charge < -0.3 is 14.4 Å². The molecule has 0 radical (unpaired) electrons. The van der Waals surface area contributed by atoms with Crippen LogP contribution < -0.4 is 4.74 Å². The maximum absolute atomic E-state index is 11.0. The summed E-state index contributed by atoms with van der Waals surface area (Å²) < 4.78 is 10.7. The highest BCUT2D eigenvalue weighted by atomic mass is 32.1. The number of hydrogen-bond donors (Lipinski definition) is 1. The highest BCUT2D eigenvalue weighted by molar-refractivity contribution is 7.12. The second-order valence-corrected chi connectivity index (χ2v) is 5.17. The van der Waals surface area contributed by atoms with Crippen molar-refractivity contribution in [2.24, 2.45) is 0 Å². The van der Waals surface area contributed by atoms with Gasteiger partial charge in [0.15, 0.2) is 10.6 Å². The Morgan fingerprint density at radius 1 is 1.29 bits per heavy atom. The van der Waals surface area contributed by atoms with E-state index < -0.39 is 5.97 Å². The van der Waals surface area contributed by atoms with Gasteiger partial charge in [0.1, 0.15) is 18.1 Å². The largest absolute Gasteiger partial charge is 0.485 e. The van der Waals surface area contributed by atoms with Crippen LogP contribution in [0.5, 0.6) is 5.75 Å². The first-order valence-electron chi connectivity index (χ1n) is 6.18. The van der Waals surface area contributed by atoms with Crippen molar-refractivity contribution >= 4 is 17.3 Å². The Bertz CT molecular complexity index is 748. The Labute approximate surface area is 124 Å². The Kier molecular flexibility index (Phi) is 3.70. The average molecular weight is 301 g/mol. The predicted octanol–water partition coefficient (Wildman–Crippen LogP) is 3.68. The number of aromatic carboxylic acids is 1. The van der Waals surface area contributed by atoms with Gasteiger partial charge in [0.05, 0.1) is 0 Å². The van der Waals surface area contributed by atoms with Crippen LogP contribution in [0.15, 0.2) is 52.4 Å². The minimum atomic E-state index is -0.995. The summed E-state index contributed by atoms with van der Waals surface area (Å²) >= 11 is 1.13. The van der Waals surface area contributed by atoms with Crippen LogP contribution >= 0.6 is 11.3 Å². The van der Waals surface area contributed by atoms with E-state index >= 15 is 0 Å². The van der Waals surface area contributed by atoms with E-state index in [1.807, 2.05) is 30.3 Å². The van der Waals surface area contributed by atoms with E-state index in [1.54, 1.807) is 17.5 Å². The fourth-order valence-electron chi connectivity index (χ4n) is 1.84. The summed E-state index contributed by atoms with van der Waals surface area (Å²) in [5.74, 6) is -0.000125. The fraction of sp³-hybridized carbons (Fsp3) is 0.0667. The van der Waals surface area contributed by atoms with E-state index in [1.165, 1.54) is 0 Å². The van der Waals surface area contributed by atoms with Crippen molar-refractivity contribution in [2.45, 2.75) is 6.61 Å². The lowest BCUT2D eigenvalue weighted by molar-refractivity contribution is 0.0697. The Morgan fingerprint density at radius 2 is 2.10 bits per heavy atom. The lowest BCUT2D eigenvalue weighted by Crippen LogP contribution is -2.00. The summed E-state index contributed by atoms with van der Waals surface area (Å²) in [4.78, 5) is 11.2. The molecule has 0 bridgehead atoms. The highest BCUT2D eigenvalue weighted by Crippen LogP contribution is 2.26. The van der Waals surface area contributed by atoms with Gasteiger partial charge in [-0.15, -0.1) is 11.3 Å². The van der Waals surface area contributed by atoms with E-state index in [2.05, 4.69) is 5.16 Å². The number of carbonyl (C=O) groups is 1. The number of aromatic nitrogens is 1. The van der Waals surface area contributed by atoms with E-state index in [4.69, 9.17) is 14.4 Å². The van der Waals surface area contributed by atoms with Crippen LogP contribution in [0.2, 0.25) is 0 Å². The van der Waals surface area contributed by atoms with Crippen LogP contribution in [0.4, 0.5) is 0 Å². The zero-order valence-corrected chi connectivity index (χ0v) is 11.7. The van der Waals surface area contributed by atoms with Gasteiger partial charge in [-0.1, -0.05) is 35.5 Å². The van der Waals surface area contributed by atoms with Gasteiger partial charge in [-0.05, 0) is 11.4 Å². The van der Waals surface area contributed by atoms with Crippen molar-refractivity contribution in [2.75, 3.05) is 0 Å². The van der Waals surface area contributed by atoms with Crippen molar-refractivity contribution in [3.8, 4) is 17.1 Å². The molecule has 2 heterocycles. The van der Waals surface area contributed by atoms with Crippen LogP contribution in [0.25, 0.3) is 11.3 Å². The van der Waals surface area contributed by atoms with Crippen molar-refractivity contribution in [1.29, 1.82) is 0 Å². The van der Waals surface area contributed by atoms with Gasteiger partial charge in [-0.3, -0.25) is 0 Å². The van der Waals surface area contributed by atoms with Gasteiger partial charge in [-0.25, -0.2) is 4.79 Å². The minimum Gasteiger partial charge on any atom is -0.485 e. The van der Waals surface area contributed by atoms with Crippen molar-refractivity contribution in [3.63, 3.8) is 0 Å². The standard InChI is InChI=1S/C15H11NO4S/c17-15(18)14-12(6-7-21-14)19-9-11-8-13(20-16-11)10-4-2-1-3-5-10/h1-8H,9H2,(H,17,18). The molecule has 0 aliphatic heterocycles. The minimum absolute atomic E-state index is 0.160. The summed E-state index contributed by atoms with van der Waals surface area (Å²) in [5, 5.41) is 14.6. The molecule has 0 saturated carbocycles. The van der Waals surface area contributed by atoms with Gasteiger partial charge in [-0.2, -0.15) is 0 Å². The molecule has 0 saturated heterocycles. The van der Waals surface area contributed by atoms with Gasteiger partial charge in [0.25, 0.3) is 0 Å². The van der Waals surface area contributed by atoms with Crippen molar-refractivity contribution < 1.29 is 19.2 Å². The van der Waals surface area contributed by atoms with E-state index in [0.717, 1.165) is 16.9 Å². The molecule has 0 aliphatic carbocycles. The molecule has 1 aromatic carbocycles. The number of hydrogen-bond acceptors (Lipinski definition) is 5. The maximum Gasteiger partial charge on any atom is 0.349 e. The number of carboxylic acid groups (broad SMARTS) is 1. The monoisotopic (exact) mass is 301 g/mol. The molecule has 0 fully saturated rings. The first-order valence-corrected chi connectivity index (χ1v) is 7.06. The molecule has 6 heteroatoms. The maximum atomic E-state index is 11.0. The molecule has 0 atom stereocenters. The number of nitrogens with zero attached hydrogens (tertiary/aromatic N) is 1. The van der Waals surface area contributed by atoms with Crippen LogP contribution in [0.1, 0.15) is 15.4 Å². The molecular formula is C15H11NO4S. The van der Waals surface area contributed by atoms with Crippen LogP contribution in [0, 0.1) is 0 Å². The number of ether oxygens (including phenoxy) is 1. The quantitative estimate of drug-likeness (QED) is 0.778. The molecule has 3 rings (SSSR count). The molecule has 5 nitrogen and oxygen atoms in total. The molecule has 3 aromatic rings. The molecule has 106 valence electrons. The predicted molar refractivity (Wildman–Crippen MR) is 77.5 cm³/mol.